The van der Waals surface area contributed by atoms with Crippen molar-refractivity contribution >= 4 is 33.3 Å². The van der Waals surface area contributed by atoms with Gasteiger partial charge in [-0.15, -0.1) is 0 Å². The Morgan fingerprint density at radius 2 is 1.62 bits per heavy atom. The van der Waals surface area contributed by atoms with Crippen LogP contribution >= 0.6 is 0 Å². The van der Waals surface area contributed by atoms with E-state index >= 15 is 0 Å². The predicted octanol–water partition coefficient (Wildman–Crippen LogP) is 2.41. The zero-order valence-electron chi connectivity index (χ0n) is 17.0. The first kappa shape index (κ1) is 22.8. The van der Waals surface area contributed by atoms with E-state index in [1.807, 2.05) is 0 Å². The molecule has 166 valence electrons. The van der Waals surface area contributed by atoms with Crippen LogP contribution in [0.2, 0.25) is 0 Å². The third-order valence-corrected chi connectivity index (χ3v) is 6.11. The molecule has 3 rings (SSSR count). The Hall–Kier alpha value is -3.92. The standard InChI is InChI=1S/C22H20N2O7S/c1-30-19(25)13-23-21(26)15-7-9-17(10-8-15)24-22(27)20-16(11-12-31-20)14-32(28,29)18-5-3-2-4-6-18/h2-12H,13-14H2,1H3,(H,23,26)(H,24,27). The highest BCUT2D eigenvalue weighted by molar-refractivity contribution is 7.90. The molecular formula is C22H20N2O7S. The van der Waals surface area contributed by atoms with Crippen LogP contribution in [0, 0.1) is 0 Å². The second kappa shape index (κ2) is 9.92. The molecular weight excluding hydrogens is 436 g/mol. The van der Waals surface area contributed by atoms with E-state index in [2.05, 4.69) is 15.4 Å². The van der Waals surface area contributed by atoms with Gasteiger partial charge in [0.1, 0.15) is 6.54 Å². The summed E-state index contributed by atoms with van der Waals surface area (Å²) in [7, 11) is -2.44. The van der Waals surface area contributed by atoms with E-state index in [9.17, 15) is 22.8 Å². The zero-order valence-corrected chi connectivity index (χ0v) is 17.8. The number of sulfone groups is 1. The van der Waals surface area contributed by atoms with E-state index < -0.39 is 33.4 Å². The number of rotatable bonds is 8. The molecule has 0 saturated carbocycles. The summed E-state index contributed by atoms with van der Waals surface area (Å²) in [4.78, 5) is 35.9. The molecule has 2 N–H and O–H groups in total. The molecule has 0 bridgehead atoms. The van der Waals surface area contributed by atoms with Crippen LogP contribution in [0.1, 0.15) is 26.5 Å². The number of methoxy groups -OCH3 is 1. The molecule has 0 unspecified atom stereocenters. The van der Waals surface area contributed by atoms with Gasteiger partial charge in [0.15, 0.2) is 15.6 Å². The number of esters is 1. The minimum Gasteiger partial charge on any atom is -0.468 e. The second-order valence-electron chi connectivity index (χ2n) is 6.64. The van der Waals surface area contributed by atoms with Gasteiger partial charge in [-0.25, -0.2) is 8.42 Å². The number of benzene rings is 2. The van der Waals surface area contributed by atoms with E-state index in [-0.39, 0.29) is 28.3 Å². The molecule has 0 aliphatic carbocycles. The topological polar surface area (TPSA) is 132 Å². The van der Waals surface area contributed by atoms with Crippen LogP contribution in [0.15, 0.2) is 76.2 Å². The molecule has 1 aromatic heterocycles. The summed E-state index contributed by atoms with van der Waals surface area (Å²) in [5.74, 6) is -2.20. The molecule has 10 heteroatoms. The van der Waals surface area contributed by atoms with Gasteiger partial charge in [-0.2, -0.15) is 0 Å². The normalized spacial score (nSPS) is 10.9. The smallest absolute Gasteiger partial charge is 0.325 e. The van der Waals surface area contributed by atoms with E-state index in [1.165, 1.54) is 55.8 Å². The van der Waals surface area contributed by atoms with Crippen molar-refractivity contribution in [2.24, 2.45) is 0 Å². The maximum absolute atomic E-state index is 12.6. The Bertz CT molecular complexity index is 1220. The number of hydrogen-bond acceptors (Lipinski definition) is 7. The van der Waals surface area contributed by atoms with Gasteiger partial charge >= 0.3 is 5.97 Å². The predicted molar refractivity (Wildman–Crippen MR) is 115 cm³/mol. The SMILES string of the molecule is COC(=O)CNC(=O)c1ccc(NC(=O)c2occc2CS(=O)(=O)c2ccccc2)cc1. The molecule has 0 spiro atoms. The fourth-order valence-electron chi connectivity index (χ4n) is 2.78. The molecule has 32 heavy (non-hydrogen) atoms. The van der Waals surface area contributed by atoms with Gasteiger partial charge in [0, 0.05) is 16.8 Å². The number of anilines is 1. The number of amides is 2. The summed E-state index contributed by atoms with van der Waals surface area (Å²) in [6.07, 6.45) is 1.25. The van der Waals surface area contributed by atoms with Crippen molar-refractivity contribution in [3.63, 3.8) is 0 Å². The first-order chi connectivity index (χ1) is 15.3. The summed E-state index contributed by atoms with van der Waals surface area (Å²) in [5, 5.41) is 5.00. The third-order valence-electron chi connectivity index (χ3n) is 4.43. The summed E-state index contributed by atoms with van der Waals surface area (Å²) >= 11 is 0. The van der Waals surface area contributed by atoms with Crippen molar-refractivity contribution in [2.75, 3.05) is 19.0 Å². The van der Waals surface area contributed by atoms with Crippen LogP contribution in [0.25, 0.3) is 0 Å². The van der Waals surface area contributed by atoms with Crippen molar-refractivity contribution in [1.82, 2.24) is 5.32 Å². The highest BCUT2D eigenvalue weighted by Gasteiger charge is 2.22. The third kappa shape index (κ3) is 5.61. The van der Waals surface area contributed by atoms with E-state index in [0.717, 1.165) is 0 Å². The second-order valence-corrected chi connectivity index (χ2v) is 8.63. The average molecular weight is 456 g/mol. The molecule has 0 saturated heterocycles. The Morgan fingerprint density at radius 1 is 0.938 bits per heavy atom. The Labute approximate surface area is 184 Å². The minimum absolute atomic E-state index is 0.121. The number of carbonyl (C=O) groups is 3. The van der Waals surface area contributed by atoms with Crippen molar-refractivity contribution in [3.8, 4) is 0 Å². The molecule has 3 aromatic rings. The van der Waals surface area contributed by atoms with Crippen LogP contribution < -0.4 is 10.6 Å². The Morgan fingerprint density at radius 3 is 2.28 bits per heavy atom. The van der Waals surface area contributed by atoms with Crippen molar-refractivity contribution in [3.05, 3.63) is 83.8 Å². The lowest BCUT2D eigenvalue weighted by molar-refractivity contribution is -0.139. The van der Waals surface area contributed by atoms with Crippen molar-refractivity contribution in [2.45, 2.75) is 10.6 Å². The molecule has 0 aliphatic heterocycles. The monoisotopic (exact) mass is 456 g/mol. The van der Waals surface area contributed by atoms with Gasteiger partial charge in [-0.1, -0.05) is 18.2 Å². The zero-order chi connectivity index (χ0) is 23.1. The molecule has 0 atom stereocenters. The van der Waals surface area contributed by atoms with Gasteiger partial charge in [0.2, 0.25) is 0 Å². The Balaban J connectivity index is 1.67. The van der Waals surface area contributed by atoms with Gasteiger partial charge in [-0.05, 0) is 42.5 Å². The average Bonchev–Trinajstić information content (AvgIpc) is 3.25. The largest absolute Gasteiger partial charge is 0.468 e. The number of ether oxygens (including phenoxy) is 1. The number of nitrogens with one attached hydrogen (secondary N) is 2. The summed E-state index contributed by atoms with van der Waals surface area (Å²) in [5.41, 5.74) is 0.873. The molecule has 2 aromatic carbocycles. The number of furan rings is 1. The quantitative estimate of drug-likeness (QED) is 0.498. The van der Waals surface area contributed by atoms with Crippen LogP contribution in [0.3, 0.4) is 0 Å². The van der Waals surface area contributed by atoms with Crippen LogP contribution in [-0.4, -0.2) is 39.9 Å². The maximum atomic E-state index is 12.6. The lowest BCUT2D eigenvalue weighted by atomic mass is 10.2. The van der Waals surface area contributed by atoms with Crippen LogP contribution in [0.4, 0.5) is 5.69 Å². The van der Waals surface area contributed by atoms with Crippen LogP contribution in [-0.2, 0) is 25.1 Å². The molecule has 0 fully saturated rings. The van der Waals surface area contributed by atoms with Gasteiger partial charge < -0.3 is 19.8 Å². The minimum atomic E-state index is -3.66. The van der Waals surface area contributed by atoms with Crippen LogP contribution in [0.5, 0.6) is 0 Å². The molecule has 9 nitrogen and oxygen atoms in total. The molecule has 2 amide bonds. The fourth-order valence-corrected chi connectivity index (χ4v) is 4.16. The van der Waals surface area contributed by atoms with Crippen molar-refractivity contribution < 1.29 is 32.0 Å². The van der Waals surface area contributed by atoms with E-state index in [1.54, 1.807) is 18.2 Å². The number of hydrogen-bond donors (Lipinski definition) is 2. The van der Waals surface area contributed by atoms with Gasteiger partial charge in [0.05, 0.1) is 24.0 Å². The fraction of sp³-hybridized carbons (Fsp3) is 0.136. The number of carbonyl (C=O) groups excluding carboxylic acids is 3. The van der Waals surface area contributed by atoms with E-state index in [4.69, 9.17) is 4.42 Å². The lowest BCUT2D eigenvalue weighted by Crippen LogP contribution is -2.30. The summed E-state index contributed by atoms with van der Waals surface area (Å²) < 4.78 is 34.9. The van der Waals surface area contributed by atoms with Gasteiger partial charge in [0.25, 0.3) is 11.8 Å². The first-order valence-electron chi connectivity index (χ1n) is 9.41. The Kier molecular flexibility index (Phi) is 7.06. The van der Waals surface area contributed by atoms with Gasteiger partial charge in [-0.3, -0.25) is 14.4 Å². The highest BCUT2D eigenvalue weighted by atomic mass is 32.2. The summed E-state index contributed by atoms with van der Waals surface area (Å²) in [6.45, 7) is -0.263. The molecule has 0 radical (unpaired) electrons. The maximum Gasteiger partial charge on any atom is 0.325 e. The van der Waals surface area contributed by atoms with Crippen molar-refractivity contribution in [1.29, 1.82) is 0 Å². The lowest BCUT2D eigenvalue weighted by Gasteiger charge is -2.08. The van der Waals surface area contributed by atoms with E-state index in [0.29, 0.717) is 5.69 Å². The summed E-state index contributed by atoms with van der Waals surface area (Å²) in [6, 6.07) is 15.3. The highest BCUT2D eigenvalue weighted by Crippen LogP contribution is 2.21. The molecule has 1 heterocycles. The first-order valence-corrected chi connectivity index (χ1v) is 11.1. The molecule has 0 aliphatic rings.